The van der Waals surface area contributed by atoms with Crippen molar-refractivity contribution < 1.29 is 34.4 Å². The average molecular weight is 949 g/mol. The first-order valence-electron chi connectivity index (χ1n) is 20.2. The van der Waals surface area contributed by atoms with E-state index < -0.39 is 0 Å². The molecule has 3 aromatic heterocycles. The van der Waals surface area contributed by atoms with Crippen molar-refractivity contribution in [2.24, 2.45) is 16.7 Å². The van der Waals surface area contributed by atoms with Gasteiger partial charge in [0, 0.05) is 57.7 Å². The summed E-state index contributed by atoms with van der Waals surface area (Å²) in [5, 5.41) is 14.9. The number of pyridine rings is 1. The third-order valence-corrected chi connectivity index (χ3v) is 13.3. The van der Waals surface area contributed by atoms with Crippen molar-refractivity contribution >= 4 is 49.1 Å². The number of fused-ring (bicyclic) bond motifs is 3. The van der Waals surface area contributed by atoms with Crippen LogP contribution in [-0.2, 0) is 36.7 Å². The number of hydrogen-bond donors (Lipinski definition) is 1. The monoisotopic (exact) mass is 949 g/mol. The molecule has 0 aliphatic carbocycles. The van der Waals surface area contributed by atoms with Crippen LogP contribution in [-0.4, -0.2) is 15.9 Å². The summed E-state index contributed by atoms with van der Waals surface area (Å²) in [5.74, 6) is 1.80. The van der Waals surface area contributed by atoms with Crippen LogP contribution in [0.1, 0.15) is 124 Å². The van der Waals surface area contributed by atoms with E-state index in [9.17, 15) is 9.90 Å². The van der Waals surface area contributed by atoms with Crippen molar-refractivity contribution in [3.63, 3.8) is 0 Å². The number of aliphatic hydroxyl groups excluding tert-OH is 1. The second-order valence-corrected chi connectivity index (χ2v) is 18.5. The van der Waals surface area contributed by atoms with E-state index in [4.69, 9.17) is 9.40 Å². The standard InChI is InChI=1S/C35H34NOS.C15H28O2.Ir/c1-20(2)14-32-22(4)26-13-12-24(18-33(26)38-32)28-19-31(36-34-29(28)15-21(3)37-34)25-16-23-10-8-9-11-27(23)30(17-25)35(5,6)7;1-7-14(5,8-2)12(16)11-13(17)15(6,9-3)10-4;/h8-13,15,17-20H,14H2,1-7H3;11,16H,7-10H2,1-6H3;/q-1;;/b;12-11-;. The average Bonchev–Trinajstić information content (AvgIpc) is 3.69. The number of furan rings is 1. The first-order chi connectivity index (χ1) is 25.9. The molecular weight excluding hydrogens is 887 g/mol. The Hall–Kier alpha value is -3.57. The molecule has 0 saturated carbocycles. The zero-order valence-corrected chi connectivity index (χ0v) is 39.1. The minimum Gasteiger partial charge on any atom is -0.512 e. The summed E-state index contributed by atoms with van der Waals surface area (Å²) in [6, 6.07) is 25.7. The van der Waals surface area contributed by atoms with Crippen LogP contribution in [0.2, 0.25) is 0 Å². The normalized spacial score (nSPS) is 12.6. The summed E-state index contributed by atoms with van der Waals surface area (Å²) in [5.41, 5.74) is 7.03. The molecule has 0 saturated heterocycles. The summed E-state index contributed by atoms with van der Waals surface area (Å²) in [6.45, 7) is 27.7. The molecule has 56 heavy (non-hydrogen) atoms. The van der Waals surface area contributed by atoms with E-state index in [1.165, 1.54) is 43.1 Å². The molecule has 4 nitrogen and oxygen atoms in total. The van der Waals surface area contributed by atoms with Crippen molar-refractivity contribution in [3.05, 3.63) is 100 Å². The molecule has 1 N–H and O–H groups in total. The Balaban J connectivity index is 0.000000330. The zero-order valence-electron chi connectivity index (χ0n) is 35.9. The van der Waals surface area contributed by atoms with Crippen LogP contribution in [0.15, 0.2) is 76.9 Å². The molecule has 0 atom stereocenters. The molecule has 0 amide bonds. The minimum atomic E-state index is -0.337. The van der Waals surface area contributed by atoms with E-state index in [1.807, 2.05) is 59.8 Å². The number of aromatic nitrogens is 1. The summed E-state index contributed by atoms with van der Waals surface area (Å²) >= 11 is 1.93. The van der Waals surface area contributed by atoms with Crippen LogP contribution >= 0.6 is 11.3 Å². The third kappa shape index (κ3) is 9.41. The molecular formula is C50H62IrNO3S-. The van der Waals surface area contributed by atoms with Crippen molar-refractivity contribution in [3.8, 4) is 22.4 Å². The Kier molecular flexibility index (Phi) is 14.4. The van der Waals surface area contributed by atoms with Gasteiger partial charge >= 0.3 is 0 Å². The van der Waals surface area contributed by atoms with Gasteiger partial charge in [-0.3, -0.25) is 9.78 Å². The smallest absolute Gasteiger partial charge is 0.219 e. The Bertz CT molecular complexity index is 2340. The Labute approximate surface area is 353 Å². The van der Waals surface area contributed by atoms with E-state index in [2.05, 4.69) is 108 Å². The second-order valence-electron chi connectivity index (χ2n) is 17.4. The van der Waals surface area contributed by atoms with Crippen LogP contribution in [0.4, 0.5) is 0 Å². The van der Waals surface area contributed by atoms with Crippen LogP contribution in [0, 0.1) is 36.7 Å². The fraction of sp³-hybridized carbons (Fsp3) is 0.440. The predicted molar refractivity (Wildman–Crippen MR) is 236 cm³/mol. The van der Waals surface area contributed by atoms with E-state index in [0.717, 1.165) is 65.5 Å². The molecule has 6 rings (SSSR count). The number of hydrogen-bond acceptors (Lipinski definition) is 5. The molecule has 0 spiro atoms. The summed E-state index contributed by atoms with van der Waals surface area (Å²) in [7, 11) is 0. The van der Waals surface area contributed by atoms with Gasteiger partial charge in [-0.2, -0.15) is 0 Å². The maximum Gasteiger partial charge on any atom is 0.219 e. The maximum atomic E-state index is 12.2. The number of allylic oxidation sites excluding steroid dienone is 2. The molecule has 1 radical (unpaired) electrons. The molecule has 0 fully saturated rings. The van der Waals surface area contributed by atoms with Crippen molar-refractivity contribution in [1.29, 1.82) is 0 Å². The van der Waals surface area contributed by atoms with Crippen LogP contribution in [0.3, 0.4) is 0 Å². The number of thiophene rings is 1. The fourth-order valence-electron chi connectivity index (χ4n) is 7.19. The van der Waals surface area contributed by atoms with E-state index in [-0.39, 0.29) is 47.9 Å². The van der Waals surface area contributed by atoms with Gasteiger partial charge in [-0.1, -0.05) is 124 Å². The van der Waals surface area contributed by atoms with Gasteiger partial charge in [0.25, 0.3) is 0 Å². The Morgan fingerprint density at radius 2 is 1.50 bits per heavy atom. The van der Waals surface area contributed by atoms with E-state index >= 15 is 0 Å². The number of rotatable bonds is 11. The van der Waals surface area contributed by atoms with Crippen LogP contribution < -0.4 is 0 Å². The molecule has 3 heterocycles. The minimum absolute atomic E-state index is 0. The number of aryl methyl sites for hydroxylation is 2. The van der Waals surface area contributed by atoms with Crippen LogP contribution in [0.25, 0.3) is 54.3 Å². The number of benzene rings is 3. The first-order valence-corrected chi connectivity index (χ1v) is 21.0. The zero-order chi connectivity index (χ0) is 40.5. The van der Waals surface area contributed by atoms with Gasteiger partial charge in [-0.25, -0.2) is 0 Å². The second kappa shape index (κ2) is 17.9. The van der Waals surface area contributed by atoms with Crippen LogP contribution in [0.5, 0.6) is 0 Å². The number of aliphatic hydroxyl groups is 1. The summed E-state index contributed by atoms with van der Waals surface area (Å²) in [4.78, 5) is 18.7. The predicted octanol–water partition coefficient (Wildman–Crippen LogP) is 15.1. The summed E-state index contributed by atoms with van der Waals surface area (Å²) in [6.07, 6.45) is 5.88. The molecule has 6 heteroatoms. The summed E-state index contributed by atoms with van der Waals surface area (Å²) < 4.78 is 7.45. The Morgan fingerprint density at radius 1 is 0.857 bits per heavy atom. The molecule has 0 bridgehead atoms. The van der Waals surface area contributed by atoms with Gasteiger partial charge in [-0.05, 0) is 91.5 Å². The third-order valence-electron chi connectivity index (χ3n) is 12.0. The molecule has 0 aliphatic heterocycles. The Morgan fingerprint density at radius 3 is 2.11 bits per heavy atom. The van der Waals surface area contributed by atoms with Gasteiger partial charge in [0.2, 0.25) is 5.71 Å². The topological polar surface area (TPSA) is 63.3 Å². The molecule has 301 valence electrons. The quantitative estimate of drug-likeness (QED) is 0.0798. The maximum absolute atomic E-state index is 12.2. The van der Waals surface area contributed by atoms with E-state index in [0.29, 0.717) is 11.6 Å². The number of carbonyl (C=O) groups excluding carboxylic acids is 1. The van der Waals surface area contributed by atoms with Gasteiger partial charge in [-0.15, -0.1) is 40.5 Å². The fourth-order valence-corrected chi connectivity index (χ4v) is 8.65. The molecule has 6 aromatic rings. The molecule has 3 aromatic carbocycles. The number of nitrogens with zero attached hydrogens (tertiary/aromatic N) is 1. The van der Waals surface area contributed by atoms with Crippen molar-refractivity contribution in [2.75, 3.05) is 0 Å². The van der Waals surface area contributed by atoms with Crippen molar-refractivity contribution in [2.45, 2.75) is 128 Å². The number of carbonyl (C=O) groups is 1. The van der Waals surface area contributed by atoms with Gasteiger partial charge < -0.3 is 9.52 Å². The van der Waals surface area contributed by atoms with E-state index in [1.54, 1.807) is 0 Å². The van der Waals surface area contributed by atoms with Gasteiger partial charge in [0.05, 0.1) is 0 Å². The largest absolute Gasteiger partial charge is 0.512 e. The molecule has 0 unspecified atom stereocenters. The first kappa shape index (κ1) is 45.1. The van der Waals surface area contributed by atoms with Gasteiger partial charge in [0.15, 0.2) is 5.78 Å². The number of ketones is 1. The van der Waals surface area contributed by atoms with Crippen molar-refractivity contribution in [1.82, 2.24) is 4.98 Å². The SMILES string of the molecule is CCC(C)(CC)C(=O)/C=C(\O)C(C)(CC)CC.Cc1cc2c(-c3ccc4c(C)c(CC(C)C)sc4c3)cc(-c3[c-]c4ccccc4c(C(C)(C)C)c3)nc2o1.[Ir]. The van der Waals surface area contributed by atoms with Gasteiger partial charge in [0.1, 0.15) is 11.5 Å². The molecule has 0 aliphatic rings.